The van der Waals surface area contributed by atoms with Gasteiger partial charge in [0.1, 0.15) is 4.90 Å². The van der Waals surface area contributed by atoms with E-state index in [1.54, 1.807) is 26.0 Å². The second kappa shape index (κ2) is 9.09. The number of halogens is 1. The van der Waals surface area contributed by atoms with E-state index in [9.17, 15) is 16.8 Å². The lowest BCUT2D eigenvalue weighted by Crippen LogP contribution is -2.30. The van der Waals surface area contributed by atoms with E-state index in [-0.39, 0.29) is 28.7 Å². The molecular weight excluding hydrogens is 420 g/mol. The molecule has 2 aromatic carbocycles. The number of hydrogen-bond acceptors (Lipinski definition) is 4. The van der Waals surface area contributed by atoms with Crippen LogP contribution in [0.1, 0.15) is 25.0 Å². The molecule has 0 saturated heterocycles. The SMILES string of the molecule is CCN(CC)S(=O)(=O)c1cc(NS(=O)(=O)/C=C/c2ccc(C)cc2)ccc1Cl. The summed E-state index contributed by atoms with van der Waals surface area (Å²) >= 11 is 6.07. The van der Waals surface area contributed by atoms with Gasteiger partial charge in [0.25, 0.3) is 10.0 Å². The highest BCUT2D eigenvalue weighted by molar-refractivity contribution is 7.95. The molecule has 0 atom stereocenters. The van der Waals surface area contributed by atoms with Crippen molar-refractivity contribution >= 4 is 43.4 Å². The monoisotopic (exact) mass is 442 g/mol. The molecular formula is C19H23ClN2O4S2. The molecule has 0 saturated carbocycles. The molecule has 28 heavy (non-hydrogen) atoms. The van der Waals surface area contributed by atoms with Gasteiger partial charge in [0, 0.05) is 13.1 Å². The first-order chi connectivity index (χ1) is 13.1. The Morgan fingerprint density at radius 1 is 1.00 bits per heavy atom. The third kappa shape index (κ3) is 5.57. The summed E-state index contributed by atoms with van der Waals surface area (Å²) in [7, 11) is -7.65. The minimum absolute atomic E-state index is 0.0324. The molecule has 0 heterocycles. The Balaban J connectivity index is 2.30. The summed E-state index contributed by atoms with van der Waals surface area (Å²) in [6.07, 6.45) is 1.46. The Bertz CT molecular complexity index is 1060. The number of nitrogens with zero attached hydrogens (tertiary/aromatic N) is 1. The van der Waals surface area contributed by atoms with Gasteiger partial charge in [-0.2, -0.15) is 4.31 Å². The predicted molar refractivity (Wildman–Crippen MR) is 114 cm³/mol. The van der Waals surface area contributed by atoms with Crippen molar-refractivity contribution in [2.45, 2.75) is 25.7 Å². The molecule has 0 aliphatic rings. The van der Waals surface area contributed by atoms with E-state index in [1.165, 1.54) is 28.6 Å². The molecule has 0 spiro atoms. The van der Waals surface area contributed by atoms with Crippen molar-refractivity contribution in [2.24, 2.45) is 0 Å². The maximum Gasteiger partial charge on any atom is 0.255 e. The normalized spacial score (nSPS) is 12.6. The molecule has 0 aromatic heterocycles. The summed E-state index contributed by atoms with van der Waals surface area (Å²) in [6.45, 7) is 5.94. The summed E-state index contributed by atoms with van der Waals surface area (Å²) in [5, 5.41) is 1.07. The van der Waals surface area contributed by atoms with Crippen LogP contribution in [-0.4, -0.2) is 34.2 Å². The fourth-order valence-corrected chi connectivity index (χ4v) is 5.33. The molecule has 1 N–H and O–H groups in total. The van der Waals surface area contributed by atoms with Crippen molar-refractivity contribution < 1.29 is 16.8 Å². The highest BCUT2D eigenvalue weighted by atomic mass is 35.5. The highest BCUT2D eigenvalue weighted by Gasteiger charge is 2.25. The number of hydrogen-bond donors (Lipinski definition) is 1. The first-order valence-corrected chi connectivity index (χ1v) is 12.0. The quantitative estimate of drug-likeness (QED) is 0.667. The first kappa shape index (κ1) is 22.4. The predicted octanol–water partition coefficient (Wildman–Crippen LogP) is 4.09. The van der Waals surface area contributed by atoms with Crippen molar-refractivity contribution in [3.8, 4) is 0 Å². The number of aryl methyl sites for hydroxylation is 1. The summed E-state index contributed by atoms with van der Waals surface area (Å²) in [5.74, 6) is 0. The summed E-state index contributed by atoms with van der Waals surface area (Å²) in [6, 6.07) is 11.4. The van der Waals surface area contributed by atoms with Gasteiger partial charge in [-0.1, -0.05) is 55.3 Å². The van der Waals surface area contributed by atoms with Crippen LogP contribution in [0.3, 0.4) is 0 Å². The molecule has 0 fully saturated rings. The fourth-order valence-electron chi connectivity index (χ4n) is 2.51. The topological polar surface area (TPSA) is 83.6 Å². The number of sulfonamides is 2. The zero-order valence-electron chi connectivity index (χ0n) is 15.9. The first-order valence-electron chi connectivity index (χ1n) is 8.66. The Kier molecular flexibility index (Phi) is 7.28. The van der Waals surface area contributed by atoms with Gasteiger partial charge in [-0.15, -0.1) is 0 Å². The minimum Gasteiger partial charge on any atom is -0.280 e. The van der Waals surface area contributed by atoms with Crippen molar-refractivity contribution in [2.75, 3.05) is 17.8 Å². The van der Waals surface area contributed by atoms with Crippen LogP contribution >= 0.6 is 11.6 Å². The summed E-state index contributed by atoms with van der Waals surface area (Å²) in [4.78, 5) is -0.138. The lowest BCUT2D eigenvalue weighted by Gasteiger charge is -2.19. The van der Waals surface area contributed by atoms with Crippen LogP contribution in [0.4, 0.5) is 5.69 Å². The van der Waals surface area contributed by atoms with Gasteiger partial charge < -0.3 is 0 Å². The fraction of sp³-hybridized carbons (Fsp3) is 0.263. The summed E-state index contributed by atoms with van der Waals surface area (Å²) in [5.41, 5.74) is 1.92. The second-order valence-electron chi connectivity index (χ2n) is 6.10. The largest absolute Gasteiger partial charge is 0.280 e. The molecule has 0 unspecified atom stereocenters. The Hall–Kier alpha value is -1.87. The van der Waals surface area contributed by atoms with Crippen LogP contribution in [0.2, 0.25) is 5.02 Å². The van der Waals surface area contributed by atoms with E-state index < -0.39 is 20.0 Å². The van der Waals surface area contributed by atoms with Gasteiger partial charge in [-0.05, 0) is 36.8 Å². The Labute approximate surface area is 171 Å². The van der Waals surface area contributed by atoms with Gasteiger partial charge in [-0.3, -0.25) is 4.72 Å². The van der Waals surface area contributed by atoms with Crippen molar-refractivity contribution in [3.05, 3.63) is 64.0 Å². The third-order valence-electron chi connectivity index (χ3n) is 4.03. The maximum atomic E-state index is 12.7. The van der Waals surface area contributed by atoms with E-state index in [1.807, 2.05) is 19.1 Å². The van der Waals surface area contributed by atoms with Crippen LogP contribution in [0.15, 0.2) is 52.8 Å². The van der Waals surface area contributed by atoms with Gasteiger partial charge in [-0.25, -0.2) is 16.8 Å². The zero-order valence-corrected chi connectivity index (χ0v) is 18.3. The van der Waals surface area contributed by atoms with E-state index >= 15 is 0 Å². The molecule has 0 aliphatic carbocycles. The summed E-state index contributed by atoms with van der Waals surface area (Å²) < 4.78 is 53.7. The molecule has 6 nitrogen and oxygen atoms in total. The van der Waals surface area contributed by atoms with E-state index in [4.69, 9.17) is 11.6 Å². The van der Waals surface area contributed by atoms with Gasteiger partial charge >= 0.3 is 0 Å². The molecule has 152 valence electrons. The molecule has 0 bridgehead atoms. The van der Waals surface area contributed by atoms with E-state index in [2.05, 4.69) is 4.72 Å². The lowest BCUT2D eigenvalue weighted by atomic mass is 10.2. The number of nitrogens with one attached hydrogen (secondary N) is 1. The standard InChI is InChI=1S/C19H23ClN2O4S2/c1-4-22(5-2)28(25,26)19-14-17(10-11-18(19)20)21-27(23,24)13-12-16-8-6-15(3)7-9-16/h6-14,21H,4-5H2,1-3H3/b13-12+. The van der Waals surface area contributed by atoms with Gasteiger partial charge in [0.15, 0.2) is 0 Å². The molecule has 2 rings (SSSR count). The number of benzene rings is 2. The van der Waals surface area contributed by atoms with Crippen LogP contribution in [0, 0.1) is 6.92 Å². The number of rotatable bonds is 8. The van der Waals surface area contributed by atoms with Crippen LogP contribution in [0.25, 0.3) is 6.08 Å². The van der Waals surface area contributed by atoms with Gasteiger partial charge in [0.05, 0.1) is 16.1 Å². The number of anilines is 1. The molecule has 0 radical (unpaired) electrons. The van der Waals surface area contributed by atoms with Gasteiger partial charge in [0.2, 0.25) is 10.0 Å². The second-order valence-corrected chi connectivity index (χ2v) is 9.97. The highest BCUT2D eigenvalue weighted by Crippen LogP contribution is 2.28. The Morgan fingerprint density at radius 2 is 1.61 bits per heavy atom. The third-order valence-corrected chi connectivity index (χ3v) is 7.58. The molecule has 2 aromatic rings. The van der Waals surface area contributed by atoms with Crippen LogP contribution in [-0.2, 0) is 20.0 Å². The minimum atomic E-state index is -3.83. The Morgan fingerprint density at radius 3 is 2.18 bits per heavy atom. The maximum absolute atomic E-state index is 12.7. The molecule has 9 heteroatoms. The lowest BCUT2D eigenvalue weighted by molar-refractivity contribution is 0.445. The zero-order chi connectivity index (χ0) is 20.9. The van der Waals surface area contributed by atoms with Crippen molar-refractivity contribution in [3.63, 3.8) is 0 Å². The van der Waals surface area contributed by atoms with Crippen molar-refractivity contribution in [1.29, 1.82) is 0 Å². The average molecular weight is 443 g/mol. The van der Waals surface area contributed by atoms with E-state index in [0.717, 1.165) is 16.5 Å². The van der Waals surface area contributed by atoms with E-state index in [0.29, 0.717) is 0 Å². The van der Waals surface area contributed by atoms with Crippen LogP contribution in [0.5, 0.6) is 0 Å². The van der Waals surface area contributed by atoms with Crippen molar-refractivity contribution in [1.82, 2.24) is 4.31 Å². The molecule has 0 aliphatic heterocycles. The smallest absolute Gasteiger partial charge is 0.255 e. The average Bonchev–Trinajstić information content (AvgIpc) is 2.63. The molecule has 0 amide bonds. The van der Waals surface area contributed by atoms with Crippen LogP contribution < -0.4 is 4.72 Å².